The second-order valence-electron chi connectivity index (χ2n) is 7.64. The maximum Gasteiger partial charge on any atom is 0.204 e. The number of nitriles is 1. The van der Waals surface area contributed by atoms with Crippen LogP contribution in [0.4, 0.5) is 5.82 Å². The number of aliphatic hydroxyl groups is 1. The van der Waals surface area contributed by atoms with E-state index in [-0.39, 0.29) is 6.61 Å². The van der Waals surface area contributed by atoms with E-state index >= 15 is 0 Å². The molecular weight excluding hydrogens is 408 g/mol. The highest BCUT2D eigenvalue weighted by Crippen LogP contribution is 2.34. The van der Waals surface area contributed by atoms with Crippen molar-refractivity contribution in [2.45, 2.75) is 63.1 Å². The summed E-state index contributed by atoms with van der Waals surface area (Å²) in [5, 5.41) is 23.1. The molecule has 0 unspecified atom stereocenters. The van der Waals surface area contributed by atoms with Gasteiger partial charge in [0.05, 0.1) is 17.3 Å². The quantitative estimate of drug-likeness (QED) is 0.758. The molecule has 0 amide bonds. The number of aromatic nitrogens is 1. The Labute approximate surface area is 167 Å². The smallest absolute Gasteiger partial charge is 0.204 e. The molecule has 7 heteroatoms. The van der Waals surface area contributed by atoms with Gasteiger partial charge in [-0.25, -0.2) is 4.98 Å². The molecule has 27 heavy (non-hydrogen) atoms. The fourth-order valence-corrected chi connectivity index (χ4v) is 5.11. The zero-order valence-electron chi connectivity index (χ0n) is 15.3. The lowest BCUT2D eigenvalue weighted by molar-refractivity contribution is 0.0372. The second-order valence-corrected chi connectivity index (χ2v) is 8.43. The molecule has 1 aliphatic heterocycles. The molecule has 2 fully saturated rings. The Morgan fingerprint density at radius 1 is 1.30 bits per heavy atom. The number of nitrogens with one attached hydrogen (secondary N) is 1. The van der Waals surface area contributed by atoms with Gasteiger partial charge in [-0.05, 0) is 61.0 Å². The molecule has 0 spiro atoms. The maximum atomic E-state index is 9.68. The van der Waals surface area contributed by atoms with Gasteiger partial charge < -0.3 is 14.8 Å². The maximum absolute atomic E-state index is 9.68. The molecule has 0 bridgehead atoms. The standard InChI is InChI=1S/C20H25BrN4O2/c21-19-17-9-16(10-22)27-18(17)11-23-20(19)24-13-4-6-14(7-5-13)25-8-2-1-3-15(25)12-26/h9,11,13-15,26H,1-8,12H2,(H,23,24)/t13?,14?,15-/m1/s1. The molecule has 2 aromatic rings. The first-order chi connectivity index (χ1) is 13.2. The van der Waals surface area contributed by atoms with Crippen molar-refractivity contribution in [2.75, 3.05) is 18.5 Å². The number of nitrogens with zero attached hydrogens (tertiary/aromatic N) is 3. The van der Waals surface area contributed by atoms with Crippen LogP contribution in [0.15, 0.2) is 21.2 Å². The predicted octanol–water partition coefficient (Wildman–Crippen LogP) is 4.03. The van der Waals surface area contributed by atoms with E-state index in [4.69, 9.17) is 9.68 Å². The van der Waals surface area contributed by atoms with Crippen LogP contribution >= 0.6 is 15.9 Å². The van der Waals surface area contributed by atoms with Crippen molar-refractivity contribution in [3.8, 4) is 6.07 Å². The molecule has 1 saturated heterocycles. The Balaban J connectivity index is 1.40. The highest BCUT2D eigenvalue weighted by Gasteiger charge is 2.31. The van der Waals surface area contributed by atoms with Crippen LogP contribution in [-0.4, -0.2) is 46.3 Å². The Morgan fingerprint density at radius 2 is 2.11 bits per heavy atom. The first-order valence-electron chi connectivity index (χ1n) is 9.81. The number of piperidine rings is 1. The number of hydrogen-bond donors (Lipinski definition) is 2. The molecule has 2 aromatic heterocycles. The lowest BCUT2D eigenvalue weighted by Crippen LogP contribution is -2.50. The summed E-state index contributed by atoms with van der Waals surface area (Å²) in [6.07, 6.45) is 9.79. The third-order valence-corrected chi connectivity index (χ3v) is 6.82. The van der Waals surface area contributed by atoms with E-state index in [1.165, 1.54) is 12.8 Å². The van der Waals surface area contributed by atoms with Crippen LogP contribution in [0.2, 0.25) is 0 Å². The highest BCUT2D eigenvalue weighted by atomic mass is 79.9. The molecule has 3 heterocycles. The zero-order chi connectivity index (χ0) is 18.8. The number of halogens is 1. The molecule has 2 N–H and O–H groups in total. The van der Waals surface area contributed by atoms with Crippen LogP contribution in [0.5, 0.6) is 0 Å². The van der Waals surface area contributed by atoms with Crippen molar-refractivity contribution < 1.29 is 9.52 Å². The summed E-state index contributed by atoms with van der Waals surface area (Å²) in [6.45, 7) is 1.41. The average molecular weight is 433 g/mol. The van der Waals surface area contributed by atoms with Gasteiger partial charge in [0.2, 0.25) is 5.76 Å². The van der Waals surface area contributed by atoms with Crippen LogP contribution in [0.3, 0.4) is 0 Å². The molecule has 1 atom stereocenters. The topological polar surface area (TPSA) is 85.3 Å². The summed E-state index contributed by atoms with van der Waals surface area (Å²) >= 11 is 3.61. The van der Waals surface area contributed by atoms with Crippen molar-refractivity contribution in [1.29, 1.82) is 5.26 Å². The van der Waals surface area contributed by atoms with Gasteiger partial charge in [0.15, 0.2) is 5.58 Å². The number of furan rings is 1. The number of hydrogen-bond acceptors (Lipinski definition) is 6. The average Bonchev–Trinajstić information content (AvgIpc) is 3.15. The molecular formula is C20H25BrN4O2. The van der Waals surface area contributed by atoms with Crippen LogP contribution in [0, 0.1) is 11.3 Å². The van der Waals surface area contributed by atoms with E-state index < -0.39 is 0 Å². The van der Waals surface area contributed by atoms with Crippen LogP contribution < -0.4 is 5.32 Å². The first-order valence-corrected chi connectivity index (χ1v) is 10.6. The normalized spacial score (nSPS) is 26.8. The number of rotatable bonds is 4. The van der Waals surface area contributed by atoms with Crippen LogP contribution in [0.25, 0.3) is 11.0 Å². The Hall–Kier alpha value is -1.62. The Kier molecular flexibility index (Phi) is 5.67. The van der Waals surface area contributed by atoms with E-state index in [0.717, 1.165) is 54.3 Å². The summed E-state index contributed by atoms with van der Waals surface area (Å²) < 4.78 is 6.29. The minimum atomic E-state index is 0.282. The van der Waals surface area contributed by atoms with Gasteiger partial charge in [0.25, 0.3) is 0 Å². The monoisotopic (exact) mass is 432 g/mol. The van der Waals surface area contributed by atoms with Gasteiger partial charge in [0, 0.05) is 29.6 Å². The van der Waals surface area contributed by atoms with Gasteiger partial charge >= 0.3 is 0 Å². The van der Waals surface area contributed by atoms with E-state index in [2.05, 4.69) is 31.1 Å². The predicted molar refractivity (Wildman–Crippen MR) is 108 cm³/mol. The van der Waals surface area contributed by atoms with Gasteiger partial charge in [-0.3, -0.25) is 4.90 Å². The summed E-state index contributed by atoms with van der Waals surface area (Å²) in [5.74, 6) is 1.10. The Bertz CT molecular complexity index is 838. The minimum Gasteiger partial charge on any atom is -0.444 e. The van der Waals surface area contributed by atoms with Gasteiger partial charge in [-0.2, -0.15) is 5.26 Å². The van der Waals surface area contributed by atoms with Gasteiger partial charge in [-0.15, -0.1) is 0 Å². The zero-order valence-corrected chi connectivity index (χ0v) is 16.9. The molecule has 0 aromatic carbocycles. The van der Waals surface area contributed by atoms with Crippen molar-refractivity contribution in [1.82, 2.24) is 9.88 Å². The SMILES string of the molecule is N#Cc1cc2c(Br)c(NC3CCC(N4CCCC[C@@H]4CO)CC3)ncc2o1. The third kappa shape index (κ3) is 3.84. The van der Waals surface area contributed by atoms with Gasteiger partial charge in [-0.1, -0.05) is 6.42 Å². The molecule has 1 saturated carbocycles. The van der Waals surface area contributed by atoms with Crippen molar-refractivity contribution >= 4 is 32.7 Å². The van der Waals surface area contributed by atoms with Crippen LogP contribution in [0.1, 0.15) is 50.7 Å². The molecule has 1 aliphatic carbocycles. The lowest BCUT2D eigenvalue weighted by atomic mass is 9.87. The van der Waals surface area contributed by atoms with Crippen molar-refractivity contribution in [3.63, 3.8) is 0 Å². The molecule has 6 nitrogen and oxygen atoms in total. The molecule has 144 valence electrons. The Morgan fingerprint density at radius 3 is 2.85 bits per heavy atom. The van der Waals surface area contributed by atoms with E-state index in [0.29, 0.717) is 29.5 Å². The lowest BCUT2D eigenvalue weighted by Gasteiger charge is -2.43. The van der Waals surface area contributed by atoms with Crippen molar-refractivity contribution in [3.05, 3.63) is 22.5 Å². The summed E-state index contributed by atoms with van der Waals surface area (Å²) in [4.78, 5) is 7.03. The van der Waals surface area contributed by atoms with Crippen molar-refractivity contribution in [2.24, 2.45) is 0 Å². The largest absolute Gasteiger partial charge is 0.444 e. The first kappa shape index (κ1) is 18.7. The molecule has 4 rings (SSSR count). The highest BCUT2D eigenvalue weighted by molar-refractivity contribution is 9.10. The van der Waals surface area contributed by atoms with Gasteiger partial charge in [0.1, 0.15) is 11.9 Å². The number of pyridine rings is 1. The number of fused-ring (bicyclic) bond motifs is 1. The van der Waals surface area contributed by atoms with E-state index in [1.54, 1.807) is 12.3 Å². The number of likely N-dealkylation sites (tertiary alicyclic amines) is 1. The molecule has 2 aliphatic rings. The van der Waals surface area contributed by atoms with Crippen LogP contribution in [-0.2, 0) is 0 Å². The summed E-state index contributed by atoms with van der Waals surface area (Å²) in [7, 11) is 0. The van der Waals surface area contributed by atoms with E-state index in [1.807, 2.05) is 6.07 Å². The molecule has 0 radical (unpaired) electrons. The number of aliphatic hydroxyl groups excluding tert-OH is 1. The third-order valence-electron chi connectivity index (χ3n) is 6.02. The summed E-state index contributed by atoms with van der Waals surface area (Å²) in [5.41, 5.74) is 0.618. The summed E-state index contributed by atoms with van der Waals surface area (Å²) in [6, 6.07) is 5.10. The second kappa shape index (κ2) is 8.17. The fourth-order valence-electron chi connectivity index (χ4n) is 4.58. The fraction of sp³-hybridized carbons (Fsp3) is 0.600. The minimum absolute atomic E-state index is 0.282. The van der Waals surface area contributed by atoms with E-state index in [9.17, 15) is 5.11 Å². The number of anilines is 1.